The van der Waals surface area contributed by atoms with Crippen LogP contribution in [0.15, 0.2) is 34.8 Å². The minimum Gasteiger partial charge on any atom is -0.289 e. The lowest BCUT2D eigenvalue weighted by Gasteiger charge is -2.09. The maximum Gasteiger partial charge on any atom is 0.194 e. The second-order valence-corrected chi connectivity index (χ2v) is 5.63. The third-order valence-corrected chi connectivity index (χ3v) is 3.99. The first kappa shape index (κ1) is 14.2. The van der Waals surface area contributed by atoms with Crippen LogP contribution in [0, 0.1) is 19.7 Å². The zero-order valence-corrected chi connectivity index (χ0v) is 12.8. The van der Waals surface area contributed by atoms with E-state index < -0.39 is 0 Å². The van der Waals surface area contributed by atoms with Gasteiger partial charge in [-0.25, -0.2) is 4.39 Å². The number of hydrogen-bond donors (Lipinski definition) is 0. The molecule has 0 aliphatic heterocycles. The Morgan fingerprint density at radius 3 is 2.42 bits per heavy atom. The summed E-state index contributed by atoms with van der Waals surface area (Å²) in [5.41, 5.74) is 2.66. The molecule has 0 unspecified atom stereocenters. The number of carbonyl (C=O) groups excluding carboxylic acids is 1. The topological polar surface area (TPSA) is 17.1 Å². The summed E-state index contributed by atoms with van der Waals surface area (Å²) in [5.74, 6) is -0.531. The van der Waals surface area contributed by atoms with Crippen LogP contribution in [-0.4, -0.2) is 5.78 Å². The van der Waals surface area contributed by atoms with E-state index in [4.69, 9.17) is 11.6 Å². The zero-order valence-electron chi connectivity index (χ0n) is 10.4. The first-order valence-electron chi connectivity index (χ1n) is 5.66. The van der Waals surface area contributed by atoms with Gasteiger partial charge in [0.25, 0.3) is 0 Å². The van der Waals surface area contributed by atoms with Crippen molar-refractivity contribution in [2.24, 2.45) is 0 Å². The summed E-state index contributed by atoms with van der Waals surface area (Å²) in [6.45, 7) is 3.67. The number of carbonyl (C=O) groups is 1. The molecule has 0 aromatic heterocycles. The molecule has 2 aromatic carbocycles. The molecule has 4 heteroatoms. The first-order chi connectivity index (χ1) is 8.90. The van der Waals surface area contributed by atoms with E-state index in [0.717, 1.165) is 11.1 Å². The molecule has 98 valence electrons. The Morgan fingerprint density at radius 1 is 1.11 bits per heavy atom. The number of aryl methyl sites for hydroxylation is 2. The lowest BCUT2D eigenvalue weighted by atomic mass is 9.97. The fraction of sp³-hybridized carbons (Fsp3) is 0.133. The van der Waals surface area contributed by atoms with Crippen LogP contribution in [0.1, 0.15) is 27.0 Å². The molecule has 0 aliphatic carbocycles. The Kier molecular flexibility index (Phi) is 4.07. The number of halogens is 3. The van der Waals surface area contributed by atoms with Crippen LogP contribution in [0.25, 0.3) is 0 Å². The molecule has 0 radical (unpaired) electrons. The average Bonchev–Trinajstić information content (AvgIpc) is 2.33. The summed E-state index contributed by atoms with van der Waals surface area (Å²) in [5, 5.41) is 0.632. The van der Waals surface area contributed by atoms with Gasteiger partial charge in [0.15, 0.2) is 5.78 Å². The van der Waals surface area contributed by atoms with Crippen LogP contribution in [0.4, 0.5) is 4.39 Å². The van der Waals surface area contributed by atoms with Crippen molar-refractivity contribution in [3.63, 3.8) is 0 Å². The SMILES string of the molecule is Cc1cc(C(=O)c2ccc(F)cc2Br)c(C)cc1Cl. The van der Waals surface area contributed by atoms with Gasteiger partial charge >= 0.3 is 0 Å². The zero-order chi connectivity index (χ0) is 14.2. The minimum atomic E-state index is -0.382. The van der Waals surface area contributed by atoms with Crippen molar-refractivity contribution in [3.8, 4) is 0 Å². The van der Waals surface area contributed by atoms with E-state index in [1.807, 2.05) is 13.8 Å². The van der Waals surface area contributed by atoms with Gasteiger partial charge < -0.3 is 0 Å². The van der Waals surface area contributed by atoms with E-state index in [1.165, 1.54) is 18.2 Å². The molecule has 0 N–H and O–H groups in total. The van der Waals surface area contributed by atoms with Crippen molar-refractivity contribution in [3.05, 3.63) is 67.9 Å². The molecule has 2 rings (SSSR count). The summed E-state index contributed by atoms with van der Waals surface area (Å²) >= 11 is 9.23. The number of ketones is 1. The largest absolute Gasteiger partial charge is 0.289 e. The van der Waals surface area contributed by atoms with Crippen LogP contribution in [0.5, 0.6) is 0 Å². The maximum absolute atomic E-state index is 13.1. The van der Waals surface area contributed by atoms with Gasteiger partial charge in [-0.15, -0.1) is 0 Å². The number of hydrogen-bond acceptors (Lipinski definition) is 1. The van der Waals surface area contributed by atoms with Crippen LogP contribution in [-0.2, 0) is 0 Å². The molecule has 0 heterocycles. The summed E-state index contributed by atoms with van der Waals surface area (Å²) in [6, 6.07) is 7.56. The molecule has 0 atom stereocenters. The van der Waals surface area contributed by atoms with Gasteiger partial charge in [-0.05, 0) is 71.2 Å². The Labute approximate surface area is 124 Å². The van der Waals surface area contributed by atoms with E-state index in [1.54, 1.807) is 12.1 Å². The fourth-order valence-corrected chi connectivity index (χ4v) is 2.59. The smallest absolute Gasteiger partial charge is 0.194 e. The molecule has 0 amide bonds. The van der Waals surface area contributed by atoms with Crippen LogP contribution in [0.2, 0.25) is 5.02 Å². The third kappa shape index (κ3) is 2.88. The van der Waals surface area contributed by atoms with Gasteiger partial charge in [-0.2, -0.15) is 0 Å². The third-order valence-electron chi connectivity index (χ3n) is 2.93. The molecule has 19 heavy (non-hydrogen) atoms. The quantitative estimate of drug-likeness (QED) is 0.695. The van der Waals surface area contributed by atoms with Crippen molar-refractivity contribution in [2.45, 2.75) is 13.8 Å². The van der Waals surface area contributed by atoms with Gasteiger partial charge in [0.05, 0.1) is 0 Å². The molecule has 0 aliphatic rings. The molecule has 0 spiro atoms. The van der Waals surface area contributed by atoms with Gasteiger partial charge in [-0.1, -0.05) is 11.6 Å². The fourth-order valence-electron chi connectivity index (χ4n) is 1.84. The normalized spacial score (nSPS) is 10.6. The molecular weight excluding hydrogens is 331 g/mol. The number of benzene rings is 2. The van der Waals surface area contributed by atoms with Crippen molar-refractivity contribution >= 4 is 33.3 Å². The van der Waals surface area contributed by atoms with Crippen LogP contribution >= 0.6 is 27.5 Å². The first-order valence-corrected chi connectivity index (χ1v) is 6.83. The Bertz CT molecular complexity index is 667. The van der Waals surface area contributed by atoms with Crippen molar-refractivity contribution in [2.75, 3.05) is 0 Å². The monoisotopic (exact) mass is 340 g/mol. The highest BCUT2D eigenvalue weighted by atomic mass is 79.9. The molecule has 0 bridgehead atoms. The van der Waals surface area contributed by atoms with E-state index in [9.17, 15) is 9.18 Å². The Hall–Kier alpha value is -1.19. The minimum absolute atomic E-state index is 0.149. The second kappa shape index (κ2) is 5.43. The summed E-state index contributed by atoms with van der Waals surface area (Å²) in [6.07, 6.45) is 0. The van der Waals surface area contributed by atoms with E-state index in [-0.39, 0.29) is 11.6 Å². The standard InChI is InChI=1S/C15H11BrClFO/c1-8-6-14(17)9(2)5-12(8)15(19)11-4-3-10(18)7-13(11)16/h3-7H,1-2H3. The van der Waals surface area contributed by atoms with Crippen LogP contribution < -0.4 is 0 Å². The Morgan fingerprint density at radius 2 is 1.79 bits per heavy atom. The maximum atomic E-state index is 13.1. The molecule has 2 aromatic rings. The molecule has 0 saturated carbocycles. The molecule has 0 saturated heterocycles. The highest BCUT2D eigenvalue weighted by molar-refractivity contribution is 9.10. The van der Waals surface area contributed by atoms with Crippen LogP contribution in [0.3, 0.4) is 0 Å². The Balaban J connectivity index is 2.53. The second-order valence-electron chi connectivity index (χ2n) is 4.37. The molecule has 1 nitrogen and oxygen atoms in total. The van der Waals surface area contributed by atoms with Crippen molar-refractivity contribution in [1.29, 1.82) is 0 Å². The lowest BCUT2D eigenvalue weighted by molar-refractivity contribution is 0.103. The van der Waals surface area contributed by atoms with E-state index in [0.29, 0.717) is 20.6 Å². The molecular formula is C15H11BrClFO. The number of rotatable bonds is 2. The van der Waals surface area contributed by atoms with Gasteiger partial charge in [0.2, 0.25) is 0 Å². The predicted octanol–water partition coefficient (Wildman–Crippen LogP) is 5.09. The highest BCUT2D eigenvalue weighted by Crippen LogP contribution is 2.26. The van der Waals surface area contributed by atoms with Gasteiger partial charge in [0, 0.05) is 20.6 Å². The van der Waals surface area contributed by atoms with E-state index >= 15 is 0 Å². The van der Waals surface area contributed by atoms with Gasteiger partial charge in [0.1, 0.15) is 5.82 Å². The summed E-state index contributed by atoms with van der Waals surface area (Å²) < 4.78 is 13.5. The highest BCUT2D eigenvalue weighted by Gasteiger charge is 2.16. The average molecular weight is 342 g/mol. The summed E-state index contributed by atoms with van der Waals surface area (Å²) in [4.78, 5) is 12.5. The van der Waals surface area contributed by atoms with Gasteiger partial charge in [-0.3, -0.25) is 4.79 Å². The summed E-state index contributed by atoms with van der Waals surface area (Å²) in [7, 11) is 0. The lowest BCUT2D eigenvalue weighted by Crippen LogP contribution is -2.05. The van der Waals surface area contributed by atoms with Crippen molar-refractivity contribution in [1.82, 2.24) is 0 Å². The predicted molar refractivity (Wildman–Crippen MR) is 78.5 cm³/mol. The van der Waals surface area contributed by atoms with Crippen molar-refractivity contribution < 1.29 is 9.18 Å². The van der Waals surface area contributed by atoms with E-state index in [2.05, 4.69) is 15.9 Å². The molecule has 0 fully saturated rings.